The molecule has 6 heteroatoms. The van der Waals surface area contributed by atoms with E-state index in [1.54, 1.807) is 18.4 Å². The molecule has 0 saturated carbocycles. The van der Waals surface area contributed by atoms with E-state index in [0.717, 1.165) is 33.7 Å². The van der Waals surface area contributed by atoms with Crippen molar-refractivity contribution in [2.24, 2.45) is 4.99 Å². The summed E-state index contributed by atoms with van der Waals surface area (Å²) in [7, 11) is 1.76. The highest BCUT2D eigenvalue weighted by Crippen LogP contribution is 2.11. The molecule has 0 fully saturated rings. The lowest BCUT2D eigenvalue weighted by Crippen LogP contribution is -2.36. The third-order valence-corrected chi connectivity index (χ3v) is 4.19. The van der Waals surface area contributed by atoms with Crippen LogP contribution in [-0.2, 0) is 19.5 Å². The molecular weight excluding hydrogens is 304 g/mol. The number of rotatable bonds is 5. The molecule has 0 atom stereocenters. The van der Waals surface area contributed by atoms with Crippen LogP contribution in [0.15, 0.2) is 34.6 Å². The zero-order chi connectivity index (χ0) is 15.1. The van der Waals surface area contributed by atoms with Gasteiger partial charge in [-0.2, -0.15) is 0 Å². The molecule has 0 spiro atoms. The summed E-state index contributed by atoms with van der Waals surface area (Å²) in [5.41, 5.74) is 2.16. The molecule has 2 rings (SSSR count). The second kappa shape index (κ2) is 8.00. The molecule has 1 aromatic carbocycles. The molecule has 0 bridgehead atoms. The van der Waals surface area contributed by atoms with Gasteiger partial charge in [-0.1, -0.05) is 30.7 Å². The van der Waals surface area contributed by atoms with Crippen molar-refractivity contribution in [2.75, 3.05) is 7.05 Å². The molecule has 0 amide bonds. The first-order valence-corrected chi connectivity index (χ1v) is 8.09. The van der Waals surface area contributed by atoms with Crippen molar-refractivity contribution in [1.82, 2.24) is 15.6 Å². The Balaban J connectivity index is 1.83. The van der Waals surface area contributed by atoms with Crippen molar-refractivity contribution >= 4 is 28.9 Å². The fourth-order valence-corrected chi connectivity index (χ4v) is 2.78. The van der Waals surface area contributed by atoms with Gasteiger partial charge in [-0.05, 0) is 24.1 Å². The second-order valence-corrected chi connectivity index (χ2v) is 5.87. The molecule has 4 nitrogen and oxygen atoms in total. The van der Waals surface area contributed by atoms with Gasteiger partial charge in [-0.3, -0.25) is 4.99 Å². The number of hydrogen-bond acceptors (Lipinski definition) is 3. The van der Waals surface area contributed by atoms with Crippen LogP contribution >= 0.6 is 22.9 Å². The van der Waals surface area contributed by atoms with Crippen molar-refractivity contribution < 1.29 is 0 Å². The number of guanidine groups is 1. The molecule has 112 valence electrons. The van der Waals surface area contributed by atoms with Gasteiger partial charge < -0.3 is 10.6 Å². The van der Waals surface area contributed by atoms with Crippen molar-refractivity contribution in [2.45, 2.75) is 26.4 Å². The summed E-state index contributed by atoms with van der Waals surface area (Å²) in [6.07, 6.45) is 0.979. The predicted octanol–water partition coefficient (Wildman–Crippen LogP) is 3.22. The third kappa shape index (κ3) is 5.02. The van der Waals surface area contributed by atoms with Crippen molar-refractivity contribution in [3.05, 3.63) is 50.9 Å². The maximum Gasteiger partial charge on any atom is 0.191 e. The molecule has 0 saturated heterocycles. The number of aliphatic imine (C=N–C) groups is 1. The number of aryl methyl sites for hydroxylation is 1. The first kappa shape index (κ1) is 15.8. The fourth-order valence-electron chi connectivity index (χ4n) is 1.82. The average molecular weight is 323 g/mol. The molecule has 0 unspecified atom stereocenters. The van der Waals surface area contributed by atoms with Crippen LogP contribution in [0, 0.1) is 0 Å². The highest BCUT2D eigenvalue weighted by molar-refractivity contribution is 7.09. The molecule has 2 N–H and O–H groups in total. The van der Waals surface area contributed by atoms with E-state index >= 15 is 0 Å². The van der Waals surface area contributed by atoms with Crippen LogP contribution in [0.4, 0.5) is 0 Å². The summed E-state index contributed by atoms with van der Waals surface area (Å²) in [6, 6.07) is 7.78. The standard InChI is InChI=1S/C15H19ClN4S/c1-3-14-20-13(10-21-14)9-19-15(17-2)18-8-11-5-4-6-12(16)7-11/h4-7,10H,3,8-9H2,1-2H3,(H2,17,18,19). The number of nitrogens with zero attached hydrogens (tertiary/aromatic N) is 2. The number of thiazole rings is 1. The van der Waals surface area contributed by atoms with E-state index < -0.39 is 0 Å². The minimum atomic E-state index is 0.672. The fraction of sp³-hybridized carbons (Fsp3) is 0.333. The van der Waals surface area contributed by atoms with E-state index in [2.05, 4.69) is 32.9 Å². The van der Waals surface area contributed by atoms with Gasteiger partial charge >= 0.3 is 0 Å². The lowest BCUT2D eigenvalue weighted by molar-refractivity contribution is 0.795. The van der Waals surface area contributed by atoms with E-state index in [0.29, 0.717) is 13.1 Å². The summed E-state index contributed by atoms with van der Waals surface area (Å²) in [4.78, 5) is 8.73. The molecule has 1 aromatic heterocycles. The Morgan fingerprint density at radius 3 is 2.81 bits per heavy atom. The number of aromatic nitrogens is 1. The van der Waals surface area contributed by atoms with Gasteiger partial charge in [0.15, 0.2) is 5.96 Å². The summed E-state index contributed by atoms with van der Waals surface area (Å²) in [5, 5.41) is 10.5. The Bertz CT molecular complexity index is 609. The number of hydrogen-bond donors (Lipinski definition) is 2. The minimum absolute atomic E-state index is 0.672. The van der Waals surface area contributed by atoms with Gasteiger partial charge in [0.05, 0.1) is 17.2 Å². The smallest absolute Gasteiger partial charge is 0.191 e. The zero-order valence-electron chi connectivity index (χ0n) is 12.2. The maximum absolute atomic E-state index is 5.97. The van der Waals surface area contributed by atoms with Crippen molar-refractivity contribution in [1.29, 1.82) is 0 Å². The SMILES string of the molecule is CCc1nc(CNC(=NC)NCc2cccc(Cl)c2)cs1. The Hall–Kier alpha value is -1.59. The number of benzene rings is 1. The van der Waals surface area contributed by atoms with Gasteiger partial charge in [-0.15, -0.1) is 11.3 Å². The lowest BCUT2D eigenvalue weighted by Gasteiger charge is -2.11. The molecule has 0 aliphatic heterocycles. The van der Waals surface area contributed by atoms with Crippen LogP contribution in [0.25, 0.3) is 0 Å². The van der Waals surface area contributed by atoms with Crippen LogP contribution < -0.4 is 10.6 Å². The highest BCUT2D eigenvalue weighted by atomic mass is 35.5. The molecule has 0 aliphatic carbocycles. The molecular formula is C15H19ClN4S. The van der Waals surface area contributed by atoms with E-state index in [9.17, 15) is 0 Å². The van der Waals surface area contributed by atoms with E-state index in [4.69, 9.17) is 11.6 Å². The first-order valence-electron chi connectivity index (χ1n) is 6.83. The average Bonchev–Trinajstić information content (AvgIpc) is 2.95. The summed E-state index contributed by atoms with van der Waals surface area (Å²) < 4.78 is 0. The highest BCUT2D eigenvalue weighted by Gasteiger charge is 2.02. The Labute approximate surface area is 134 Å². The Morgan fingerprint density at radius 2 is 2.14 bits per heavy atom. The molecule has 2 aromatic rings. The van der Waals surface area contributed by atoms with E-state index in [-0.39, 0.29) is 0 Å². The van der Waals surface area contributed by atoms with Gasteiger partial charge in [0.25, 0.3) is 0 Å². The predicted molar refractivity (Wildman–Crippen MR) is 90.0 cm³/mol. The second-order valence-electron chi connectivity index (χ2n) is 4.50. The largest absolute Gasteiger partial charge is 0.352 e. The van der Waals surface area contributed by atoms with E-state index in [1.807, 2.05) is 24.3 Å². The third-order valence-electron chi connectivity index (χ3n) is 2.91. The summed E-state index contributed by atoms with van der Waals surface area (Å²) in [5.74, 6) is 0.751. The molecule has 0 radical (unpaired) electrons. The maximum atomic E-state index is 5.97. The first-order chi connectivity index (χ1) is 10.2. The molecule has 1 heterocycles. The topological polar surface area (TPSA) is 49.3 Å². The zero-order valence-corrected chi connectivity index (χ0v) is 13.8. The van der Waals surface area contributed by atoms with Crippen LogP contribution in [0.3, 0.4) is 0 Å². The van der Waals surface area contributed by atoms with Gasteiger partial charge in [-0.25, -0.2) is 4.98 Å². The lowest BCUT2D eigenvalue weighted by atomic mass is 10.2. The van der Waals surface area contributed by atoms with Gasteiger partial charge in [0.2, 0.25) is 0 Å². The Kier molecular flexibility index (Phi) is 6.02. The van der Waals surface area contributed by atoms with Crippen LogP contribution in [0.1, 0.15) is 23.2 Å². The van der Waals surface area contributed by atoms with E-state index in [1.165, 1.54) is 0 Å². The monoisotopic (exact) mass is 322 g/mol. The van der Waals surface area contributed by atoms with Crippen LogP contribution in [-0.4, -0.2) is 18.0 Å². The molecule has 0 aliphatic rings. The number of nitrogens with one attached hydrogen (secondary N) is 2. The van der Waals surface area contributed by atoms with Gasteiger partial charge in [0.1, 0.15) is 0 Å². The van der Waals surface area contributed by atoms with Crippen molar-refractivity contribution in [3.63, 3.8) is 0 Å². The number of halogens is 1. The quantitative estimate of drug-likeness (QED) is 0.656. The van der Waals surface area contributed by atoms with Gasteiger partial charge in [0, 0.05) is 24.0 Å². The normalized spacial score (nSPS) is 11.5. The minimum Gasteiger partial charge on any atom is -0.352 e. The summed E-state index contributed by atoms with van der Waals surface area (Å²) in [6.45, 7) is 3.46. The summed E-state index contributed by atoms with van der Waals surface area (Å²) >= 11 is 7.67. The Morgan fingerprint density at radius 1 is 1.33 bits per heavy atom. The van der Waals surface area contributed by atoms with Crippen LogP contribution in [0.2, 0.25) is 5.02 Å². The van der Waals surface area contributed by atoms with Crippen LogP contribution in [0.5, 0.6) is 0 Å². The molecule has 21 heavy (non-hydrogen) atoms. The van der Waals surface area contributed by atoms with Crippen molar-refractivity contribution in [3.8, 4) is 0 Å².